The summed E-state index contributed by atoms with van der Waals surface area (Å²) in [5, 5.41) is 20.6. The van der Waals surface area contributed by atoms with E-state index in [0.29, 0.717) is 25.1 Å². The average molecular weight is 642 g/mol. The average Bonchev–Trinajstić information content (AvgIpc) is 3.03. The van der Waals surface area contributed by atoms with Gasteiger partial charge in [0.2, 0.25) is 23.6 Å². The molecule has 244 valence electrons. The van der Waals surface area contributed by atoms with E-state index in [2.05, 4.69) is 21.3 Å². The summed E-state index contributed by atoms with van der Waals surface area (Å²) < 4.78 is 5.10. The molecule has 1 heterocycles. The van der Waals surface area contributed by atoms with Gasteiger partial charge in [-0.25, -0.2) is 4.79 Å². The number of esters is 1. The number of carbonyl (C=O) groups excluding carboxylic acids is 5. The highest BCUT2D eigenvalue weighted by Crippen LogP contribution is 2.16. The van der Waals surface area contributed by atoms with Crippen LogP contribution < -0.4 is 21.3 Å². The monoisotopic (exact) mass is 641 g/mol. The number of ether oxygens (including phenoxy) is 1. The highest BCUT2D eigenvalue weighted by atomic mass is 32.2. The SMILES string of the molecule is CCOC(=O)[C@H](Cc1ccc(O)cc1)NC(=O)[C@@H](C)NC(=O)CNC(=O)[C@@H](Cc1ccccc1)N1CCN[C@H](CCSC)C1=O. The van der Waals surface area contributed by atoms with Gasteiger partial charge in [0.1, 0.15) is 23.9 Å². The van der Waals surface area contributed by atoms with Gasteiger partial charge >= 0.3 is 5.97 Å². The van der Waals surface area contributed by atoms with Crippen LogP contribution in [0.1, 0.15) is 31.4 Å². The van der Waals surface area contributed by atoms with E-state index in [0.717, 1.165) is 11.3 Å². The zero-order chi connectivity index (χ0) is 32.8. The van der Waals surface area contributed by atoms with E-state index >= 15 is 0 Å². The standard InChI is InChI=1S/C32H43N5O7S/c1-4-44-32(43)26(18-23-10-12-24(38)13-11-23)36-29(40)21(2)35-28(39)20-34-30(41)27(19-22-8-6-5-7-9-22)37-16-15-33-25(31(37)42)14-17-45-3/h5-13,21,25-27,33,38H,4,14-20H2,1-3H3,(H,34,41)(H,35,39)(H,36,40)/t21-,25-,26+,27-/m1/s1. The van der Waals surface area contributed by atoms with Gasteiger partial charge in [-0.15, -0.1) is 0 Å². The molecule has 4 amide bonds. The van der Waals surface area contributed by atoms with Crippen molar-refractivity contribution < 1.29 is 33.8 Å². The number of hydrogen-bond donors (Lipinski definition) is 5. The second-order valence-corrected chi connectivity index (χ2v) is 11.7. The highest BCUT2D eigenvalue weighted by Gasteiger charge is 2.36. The molecule has 1 aliphatic rings. The Morgan fingerprint density at radius 3 is 2.38 bits per heavy atom. The van der Waals surface area contributed by atoms with Gasteiger partial charge in [-0.05, 0) is 55.5 Å². The molecule has 13 heteroatoms. The number of phenolic OH excluding ortho intramolecular Hbond substituents is 1. The van der Waals surface area contributed by atoms with E-state index in [-0.39, 0.29) is 37.1 Å². The molecule has 2 aromatic carbocycles. The molecule has 12 nitrogen and oxygen atoms in total. The van der Waals surface area contributed by atoms with Gasteiger partial charge in [-0.2, -0.15) is 11.8 Å². The first-order chi connectivity index (χ1) is 21.6. The number of benzene rings is 2. The first-order valence-electron chi connectivity index (χ1n) is 15.0. The third-order valence-electron chi connectivity index (χ3n) is 7.34. The second kappa shape index (κ2) is 18.0. The van der Waals surface area contributed by atoms with E-state index in [4.69, 9.17) is 4.74 Å². The van der Waals surface area contributed by atoms with Gasteiger partial charge in [0.05, 0.1) is 19.2 Å². The van der Waals surface area contributed by atoms with Crippen LogP contribution in [0.15, 0.2) is 54.6 Å². The predicted molar refractivity (Wildman–Crippen MR) is 171 cm³/mol. The van der Waals surface area contributed by atoms with Crippen LogP contribution in [0.25, 0.3) is 0 Å². The highest BCUT2D eigenvalue weighted by molar-refractivity contribution is 7.98. The summed E-state index contributed by atoms with van der Waals surface area (Å²) in [6.07, 6.45) is 3.02. The van der Waals surface area contributed by atoms with Crippen LogP contribution in [-0.2, 0) is 41.6 Å². The molecule has 2 aromatic rings. The predicted octanol–water partition coefficient (Wildman–Crippen LogP) is 0.768. The van der Waals surface area contributed by atoms with E-state index in [1.807, 2.05) is 36.6 Å². The number of aromatic hydroxyl groups is 1. The lowest BCUT2D eigenvalue weighted by molar-refractivity contribution is -0.147. The Bertz CT molecular complexity index is 1290. The Labute approximate surface area is 268 Å². The maximum absolute atomic E-state index is 13.5. The molecule has 1 saturated heterocycles. The Morgan fingerprint density at radius 1 is 1.02 bits per heavy atom. The summed E-state index contributed by atoms with van der Waals surface area (Å²) in [7, 11) is 0. The first kappa shape index (κ1) is 35.4. The number of nitrogens with zero attached hydrogens (tertiary/aromatic N) is 1. The summed E-state index contributed by atoms with van der Waals surface area (Å²) in [4.78, 5) is 66.6. The van der Waals surface area contributed by atoms with Crippen molar-refractivity contribution in [1.82, 2.24) is 26.2 Å². The Morgan fingerprint density at radius 2 is 1.71 bits per heavy atom. The number of piperazine rings is 1. The molecule has 0 radical (unpaired) electrons. The number of rotatable bonds is 16. The van der Waals surface area contributed by atoms with Crippen molar-refractivity contribution >= 4 is 41.4 Å². The zero-order valence-corrected chi connectivity index (χ0v) is 26.7. The third kappa shape index (κ3) is 11.1. The molecule has 0 aliphatic carbocycles. The Balaban J connectivity index is 1.61. The topological polar surface area (TPSA) is 166 Å². The first-order valence-corrected chi connectivity index (χ1v) is 16.4. The number of hydrogen-bond acceptors (Lipinski definition) is 9. The minimum Gasteiger partial charge on any atom is -0.508 e. The van der Waals surface area contributed by atoms with Crippen LogP contribution in [-0.4, -0.2) is 102 Å². The molecule has 0 bridgehead atoms. The maximum atomic E-state index is 13.5. The molecule has 1 aliphatic heterocycles. The summed E-state index contributed by atoms with van der Waals surface area (Å²) in [6, 6.07) is 12.3. The molecule has 0 aromatic heterocycles. The van der Waals surface area contributed by atoms with Crippen LogP contribution >= 0.6 is 11.8 Å². The van der Waals surface area contributed by atoms with Gasteiger partial charge in [0.15, 0.2) is 0 Å². The van der Waals surface area contributed by atoms with Crippen molar-refractivity contribution in [1.29, 1.82) is 0 Å². The van der Waals surface area contributed by atoms with Crippen molar-refractivity contribution in [2.24, 2.45) is 0 Å². The molecule has 0 unspecified atom stereocenters. The van der Waals surface area contributed by atoms with Crippen LogP contribution in [0.3, 0.4) is 0 Å². The van der Waals surface area contributed by atoms with Crippen molar-refractivity contribution in [3.63, 3.8) is 0 Å². The molecule has 4 atom stereocenters. The van der Waals surface area contributed by atoms with E-state index < -0.39 is 48.4 Å². The Hall–Kier alpha value is -4.10. The van der Waals surface area contributed by atoms with Crippen LogP contribution in [0.5, 0.6) is 5.75 Å². The normalized spacial score (nSPS) is 16.6. The van der Waals surface area contributed by atoms with Crippen molar-refractivity contribution in [2.75, 3.05) is 38.2 Å². The maximum Gasteiger partial charge on any atom is 0.328 e. The summed E-state index contributed by atoms with van der Waals surface area (Å²) in [5.41, 5.74) is 1.57. The van der Waals surface area contributed by atoms with Crippen molar-refractivity contribution in [3.05, 3.63) is 65.7 Å². The van der Waals surface area contributed by atoms with Gasteiger partial charge in [0, 0.05) is 25.9 Å². The van der Waals surface area contributed by atoms with Crippen LogP contribution in [0.4, 0.5) is 0 Å². The molecular formula is C32H43N5O7S. The number of carbonyl (C=O) groups is 5. The number of amides is 4. The smallest absolute Gasteiger partial charge is 0.328 e. The van der Waals surface area contributed by atoms with Gasteiger partial charge in [0.25, 0.3) is 0 Å². The molecule has 1 fully saturated rings. The molecule has 3 rings (SSSR count). The summed E-state index contributed by atoms with van der Waals surface area (Å²) in [6.45, 7) is 3.73. The fourth-order valence-corrected chi connectivity index (χ4v) is 5.42. The second-order valence-electron chi connectivity index (χ2n) is 10.7. The fourth-order valence-electron chi connectivity index (χ4n) is 4.95. The summed E-state index contributed by atoms with van der Waals surface area (Å²) in [5.74, 6) is -1.61. The van der Waals surface area contributed by atoms with Crippen LogP contribution in [0.2, 0.25) is 0 Å². The zero-order valence-electron chi connectivity index (χ0n) is 25.9. The van der Waals surface area contributed by atoms with E-state index in [1.54, 1.807) is 35.7 Å². The van der Waals surface area contributed by atoms with Crippen LogP contribution in [0, 0.1) is 0 Å². The lowest BCUT2D eigenvalue weighted by atomic mass is 10.0. The number of thioether (sulfide) groups is 1. The minimum absolute atomic E-state index is 0.0696. The van der Waals surface area contributed by atoms with E-state index in [9.17, 15) is 29.1 Å². The summed E-state index contributed by atoms with van der Waals surface area (Å²) >= 11 is 1.65. The van der Waals surface area contributed by atoms with Gasteiger partial charge < -0.3 is 36.0 Å². The fraction of sp³-hybridized carbons (Fsp3) is 0.469. The van der Waals surface area contributed by atoms with Crippen molar-refractivity contribution in [3.8, 4) is 5.75 Å². The van der Waals surface area contributed by atoms with Crippen molar-refractivity contribution in [2.45, 2.75) is 57.3 Å². The van der Waals surface area contributed by atoms with Gasteiger partial charge in [-0.3, -0.25) is 19.2 Å². The molecular weight excluding hydrogens is 598 g/mol. The molecule has 5 N–H and O–H groups in total. The third-order valence-corrected chi connectivity index (χ3v) is 7.99. The van der Waals surface area contributed by atoms with E-state index in [1.165, 1.54) is 19.1 Å². The lowest BCUT2D eigenvalue weighted by Gasteiger charge is -2.38. The Kier molecular flexibility index (Phi) is 14.2. The largest absolute Gasteiger partial charge is 0.508 e. The number of phenols is 1. The quantitative estimate of drug-likeness (QED) is 0.167. The van der Waals surface area contributed by atoms with Gasteiger partial charge in [-0.1, -0.05) is 42.5 Å². The molecule has 45 heavy (non-hydrogen) atoms. The lowest BCUT2D eigenvalue weighted by Crippen LogP contribution is -2.62. The number of nitrogens with one attached hydrogen (secondary N) is 4. The molecule has 0 saturated carbocycles. The molecule has 0 spiro atoms. The minimum atomic E-state index is -1.03.